The zero-order valence-corrected chi connectivity index (χ0v) is 17.8. The maximum Gasteiger partial charge on any atom is 0.416 e. The summed E-state index contributed by atoms with van der Waals surface area (Å²) >= 11 is 0. The molecule has 0 bridgehead atoms. The minimum absolute atomic E-state index is 0.0940. The highest BCUT2D eigenvalue weighted by Crippen LogP contribution is 2.49. The molecular weight excluding hydrogens is 407 g/mol. The fourth-order valence-corrected chi connectivity index (χ4v) is 4.93. The molecule has 1 aliphatic heterocycles. The molecule has 31 heavy (non-hydrogen) atoms. The van der Waals surface area contributed by atoms with E-state index in [2.05, 4.69) is 14.9 Å². The van der Waals surface area contributed by atoms with Crippen molar-refractivity contribution in [3.05, 3.63) is 52.8 Å². The van der Waals surface area contributed by atoms with E-state index in [9.17, 15) is 18.0 Å². The summed E-state index contributed by atoms with van der Waals surface area (Å²) in [5.74, 6) is 0.569. The summed E-state index contributed by atoms with van der Waals surface area (Å²) in [6.45, 7) is 5.35. The number of esters is 1. The van der Waals surface area contributed by atoms with E-state index >= 15 is 0 Å². The summed E-state index contributed by atoms with van der Waals surface area (Å²) in [6, 6.07) is 7.58. The minimum atomic E-state index is -4.34. The van der Waals surface area contributed by atoms with Crippen LogP contribution in [0.3, 0.4) is 0 Å². The topological polar surface area (TPSA) is 55.3 Å². The Balaban J connectivity index is 1.53. The minimum Gasteiger partial charge on any atom is -0.464 e. The van der Waals surface area contributed by atoms with Gasteiger partial charge in [0.2, 0.25) is 5.95 Å². The number of hydrogen-bond acceptors (Lipinski definition) is 5. The van der Waals surface area contributed by atoms with E-state index in [1.165, 1.54) is 19.2 Å². The van der Waals surface area contributed by atoms with Gasteiger partial charge in [0.15, 0.2) is 5.69 Å². The summed E-state index contributed by atoms with van der Waals surface area (Å²) in [4.78, 5) is 23.1. The highest BCUT2D eigenvalue weighted by Gasteiger charge is 2.44. The Hall–Kier alpha value is -2.64. The van der Waals surface area contributed by atoms with Crippen molar-refractivity contribution in [1.29, 1.82) is 0 Å². The number of halogens is 3. The number of hydrogen-bond donors (Lipinski definition) is 0. The zero-order valence-electron chi connectivity index (χ0n) is 17.8. The summed E-state index contributed by atoms with van der Waals surface area (Å²) < 4.78 is 45.2. The number of methoxy groups -OCH3 is 1. The number of fused-ring (bicyclic) bond motifs is 1. The Labute approximate surface area is 179 Å². The van der Waals surface area contributed by atoms with Gasteiger partial charge in [0.05, 0.1) is 12.7 Å². The van der Waals surface area contributed by atoms with Crippen molar-refractivity contribution < 1.29 is 22.7 Å². The van der Waals surface area contributed by atoms with Crippen LogP contribution in [0.15, 0.2) is 30.3 Å². The van der Waals surface area contributed by atoms with Gasteiger partial charge in [-0.05, 0) is 54.2 Å². The van der Waals surface area contributed by atoms with E-state index in [1.54, 1.807) is 18.2 Å². The SMILES string of the molecule is COC(=O)c1cc(C(C)C)nc(N2C[C@H]3C[C@H](c4ccccc4C(F)(F)F)C[C@H]3C2)n1. The standard InChI is InChI=1S/C23H26F3N3O2/c1-13(2)19-10-20(21(30)31-3)28-22(27-19)29-11-15-8-14(9-16(15)12-29)17-6-4-5-7-18(17)23(24,25)26/h4-7,10,13-16H,8-9,11-12H2,1-3H3/t14-,15+,16-. The molecule has 5 nitrogen and oxygen atoms in total. The first-order valence-electron chi connectivity index (χ1n) is 10.6. The number of nitrogens with zero attached hydrogens (tertiary/aromatic N) is 3. The average Bonchev–Trinajstić information content (AvgIpc) is 3.31. The molecule has 8 heteroatoms. The third kappa shape index (κ3) is 4.25. The van der Waals surface area contributed by atoms with E-state index in [0.717, 1.165) is 5.69 Å². The predicted molar refractivity (Wildman–Crippen MR) is 110 cm³/mol. The molecule has 0 N–H and O–H groups in total. The van der Waals surface area contributed by atoms with Crippen LogP contribution in [0.25, 0.3) is 0 Å². The number of carbonyl (C=O) groups excluding carboxylic acids is 1. The lowest BCUT2D eigenvalue weighted by atomic mass is 9.91. The normalized spacial score (nSPS) is 23.3. The molecule has 1 saturated carbocycles. The summed E-state index contributed by atoms with van der Waals surface area (Å²) in [6.07, 6.45) is -2.92. The lowest BCUT2D eigenvalue weighted by Gasteiger charge is -2.22. The Morgan fingerprint density at radius 1 is 1.13 bits per heavy atom. The van der Waals surface area contributed by atoms with Crippen LogP contribution in [0.2, 0.25) is 0 Å². The average molecular weight is 433 g/mol. The van der Waals surface area contributed by atoms with Gasteiger partial charge in [0.25, 0.3) is 0 Å². The van der Waals surface area contributed by atoms with Crippen LogP contribution in [0, 0.1) is 11.8 Å². The largest absolute Gasteiger partial charge is 0.464 e. The van der Waals surface area contributed by atoms with Crippen LogP contribution >= 0.6 is 0 Å². The predicted octanol–water partition coefficient (Wildman–Crippen LogP) is 5.04. The van der Waals surface area contributed by atoms with Crippen molar-refractivity contribution in [2.24, 2.45) is 11.8 Å². The molecule has 0 spiro atoms. The summed E-state index contributed by atoms with van der Waals surface area (Å²) in [7, 11) is 1.32. The van der Waals surface area contributed by atoms with E-state index in [0.29, 0.717) is 37.4 Å². The second kappa shape index (κ2) is 8.13. The van der Waals surface area contributed by atoms with Crippen molar-refractivity contribution in [3.8, 4) is 0 Å². The molecule has 2 aromatic rings. The number of aromatic nitrogens is 2. The first kappa shape index (κ1) is 21.6. The summed E-state index contributed by atoms with van der Waals surface area (Å²) in [5, 5.41) is 0. The smallest absolute Gasteiger partial charge is 0.416 e. The number of anilines is 1. The fourth-order valence-electron chi connectivity index (χ4n) is 4.93. The summed E-state index contributed by atoms with van der Waals surface area (Å²) in [5.41, 5.74) is 0.874. The molecule has 1 aromatic carbocycles. The van der Waals surface area contributed by atoms with Gasteiger partial charge < -0.3 is 9.64 Å². The molecule has 4 rings (SSSR count). The van der Waals surface area contributed by atoms with Gasteiger partial charge in [-0.2, -0.15) is 13.2 Å². The maximum atomic E-state index is 13.4. The van der Waals surface area contributed by atoms with Gasteiger partial charge in [-0.1, -0.05) is 32.0 Å². The number of benzene rings is 1. The van der Waals surface area contributed by atoms with Gasteiger partial charge in [-0.15, -0.1) is 0 Å². The molecule has 1 aromatic heterocycles. The first-order chi connectivity index (χ1) is 14.7. The molecule has 0 radical (unpaired) electrons. The first-order valence-corrected chi connectivity index (χ1v) is 10.6. The lowest BCUT2D eigenvalue weighted by Crippen LogP contribution is -2.25. The van der Waals surface area contributed by atoms with Crippen molar-refractivity contribution in [3.63, 3.8) is 0 Å². The van der Waals surface area contributed by atoms with Crippen molar-refractivity contribution >= 4 is 11.9 Å². The monoisotopic (exact) mass is 433 g/mol. The molecule has 3 atom stereocenters. The van der Waals surface area contributed by atoms with E-state index in [4.69, 9.17) is 4.74 Å². The van der Waals surface area contributed by atoms with Crippen molar-refractivity contribution in [2.75, 3.05) is 25.1 Å². The molecular formula is C23H26F3N3O2. The third-order valence-electron chi connectivity index (χ3n) is 6.46. The molecule has 0 amide bonds. The van der Waals surface area contributed by atoms with Gasteiger partial charge >= 0.3 is 12.1 Å². The van der Waals surface area contributed by atoms with Crippen LogP contribution in [-0.2, 0) is 10.9 Å². The molecule has 2 fully saturated rings. The Morgan fingerprint density at radius 2 is 1.77 bits per heavy atom. The number of rotatable bonds is 4. The zero-order chi connectivity index (χ0) is 22.3. The molecule has 166 valence electrons. The Kier molecular flexibility index (Phi) is 5.66. The third-order valence-corrected chi connectivity index (χ3v) is 6.46. The van der Waals surface area contributed by atoms with Crippen LogP contribution in [0.5, 0.6) is 0 Å². The van der Waals surface area contributed by atoms with Crippen LogP contribution in [0.4, 0.5) is 19.1 Å². The number of alkyl halides is 3. The van der Waals surface area contributed by atoms with Crippen LogP contribution in [0.1, 0.15) is 65.8 Å². The fraction of sp³-hybridized carbons (Fsp3) is 0.522. The van der Waals surface area contributed by atoms with Crippen molar-refractivity contribution in [2.45, 2.75) is 44.7 Å². The maximum absolute atomic E-state index is 13.4. The quantitative estimate of drug-likeness (QED) is 0.633. The molecule has 0 unspecified atom stereocenters. The molecule has 2 aliphatic rings. The van der Waals surface area contributed by atoms with E-state index in [-0.39, 0.29) is 29.4 Å². The van der Waals surface area contributed by atoms with Crippen LogP contribution < -0.4 is 4.90 Å². The van der Waals surface area contributed by atoms with Gasteiger partial charge in [0, 0.05) is 18.8 Å². The second-order valence-corrected chi connectivity index (χ2v) is 8.80. The number of ether oxygens (including phenoxy) is 1. The second-order valence-electron chi connectivity index (χ2n) is 8.80. The highest BCUT2D eigenvalue weighted by molar-refractivity contribution is 5.87. The van der Waals surface area contributed by atoms with Gasteiger partial charge in [-0.25, -0.2) is 14.8 Å². The lowest BCUT2D eigenvalue weighted by molar-refractivity contribution is -0.138. The van der Waals surface area contributed by atoms with E-state index < -0.39 is 17.7 Å². The molecule has 1 saturated heterocycles. The Bertz CT molecular complexity index is 963. The Morgan fingerprint density at radius 3 is 2.35 bits per heavy atom. The number of carbonyl (C=O) groups is 1. The highest BCUT2D eigenvalue weighted by atomic mass is 19.4. The molecule has 1 aliphatic carbocycles. The van der Waals surface area contributed by atoms with E-state index in [1.807, 2.05) is 13.8 Å². The molecule has 2 heterocycles. The van der Waals surface area contributed by atoms with Gasteiger partial charge in [0.1, 0.15) is 0 Å². The van der Waals surface area contributed by atoms with Crippen molar-refractivity contribution in [1.82, 2.24) is 9.97 Å². The van der Waals surface area contributed by atoms with Crippen LogP contribution in [-0.4, -0.2) is 36.1 Å². The van der Waals surface area contributed by atoms with Gasteiger partial charge in [-0.3, -0.25) is 0 Å².